The van der Waals surface area contributed by atoms with Gasteiger partial charge in [0.05, 0.1) is 16.5 Å². The second kappa shape index (κ2) is 4.00. The molecule has 0 N–H and O–H groups in total. The summed E-state index contributed by atoms with van der Waals surface area (Å²) in [5.74, 6) is 0. The van der Waals surface area contributed by atoms with Crippen molar-refractivity contribution in [3.63, 3.8) is 0 Å². The number of anilines is 1. The fraction of sp³-hybridized carbons (Fsp3) is 0.222. The maximum absolute atomic E-state index is 4.55. The zero-order valence-corrected chi connectivity index (χ0v) is 7.93. The van der Waals surface area contributed by atoms with E-state index in [0.717, 1.165) is 11.4 Å². The lowest BCUT2D eigenvalue weighted by Crippen LogP contribution is -2.08. The highest BCUT2D eigenvalue weighted by Gasteiger charge is 1.99. The maximum atomic E-state index is 4.55. The standard InChI is InChI=1S/C9H10N2S/c1-11(2)9-6-4-3-5-8(9)10-7-12/h3-6H,1-2H3. The Labute approximate surface area is 77.5 Å². The van der Waals surface area contributed by atoms with Crippen molar-refractivity contribution in [3.05, 3.63) is 24.3 Å². The van der Waals surface area contributed by atoms with Crippen molar-refractivity contribution in [1.82, 2.24) is 0 Å². The van der Waals surface area contributed by atoms with Crippen molar-refractivity contribution < 1.29 is 0 Å². The summed E-state index contributed by atoms with van der Waals surface area (Å²) in [6.45, 7) is 0. The smallest absolute Gasteiger partial charge is 0.0972 e. The molecule has 1 rings (SSSR count). The molecule has 0 atom stereocenters. The number of thiocarbonyl (C=S) groups is 1. The van der Waals surface area contributed by atoms with Gasteiger partial charge in [0.15, 0.2) is 0 Å². The predicted octanol–water partition coefficient (Wildman–Crippen LogP) is 2.49. The van der Waals surface area contributed by atoms with Gasteiger partial charge in [-0.2, -0.15) is 4.99 Å². The summed E-state index contributed by atoms with van der Waals surface area (Å²) >= 11 is 4.55. The van der Waals surface area contributed by atoms with E-state index in [1.807, 2.05) is 43.3 Å². The fourth-order valence-corrected chi connectivity index (χ4v) is 1.08. The fourth-order valence-electron chi connectivity index (χ4n) is 0.986. The molecule has 0 aliphatic carbocycles. The Morgan fingerprint density at radius 1 is 1.33 bits per heavy atom. The predicted molar refractivity (Wildman–Crippen MR) is 55.5 cm³/mol. The third-order valence-corrected chi connectivity index (χ3v) is 1.62. The molecule has 0 heterocycles. The molecule has 12 heavy (non-hydrogen) atoms. The molecule has 0 bridgehead atoms. The van der Waals surface area contributed by atoms with E-state index in [1.165, 1.54) is 0 Å². The minimum absolute atomic E-state index is 0.859. The summed E-state index contributed by atoms with van der Waals surface area (Å²) in [6, 6.07) is 7.80. The van der Waals surface area contributed by atoms with Gasteiger partial charge in [0.25, 0.3) is 0 Å². The second-order valence-corrected chi connectivity index (χ2v) is 2.77. The van der Waals surface area contributed by atoms with Gasteiger partial charge in [-0.15, -0.1) is 0 Å². The third-order valence-electron chi connectivity index (χ3n) is 1.53. The lowest BCUT2D eigenvalue weighted by Gasteiger charge is -2.13. The summed E-state index contributed by atoms with van der Waals surface area (Å²) in [5.41, 5.74) is 1.91. The van der Waals surface area contributed by atoms with Gasteiger partial charge in [0.1, 0.15) is 0 Å². The second-order valence-electron chi connectivity index (χ2n) is 2.59. The molecule has 0 spiro atoms. The van der Waals surface area contributed by atoms with Crippen LogP contribution in [0.3, 0.4) is 0 Å². The van der Waals surface area contributed by atoms with E-state index in [-0.39, 0.29) is 0 Å². The van der Waals surface area contributed by atoms with Crippen LogP contribution in [0.2, 0.25) is 0 Å². The van der Waals surface area contributed by atoms with Crippen molar-refractivity contribution in [3.8, 4) is 0 Å². The molecule has 3 heteroatoms. The van der Waals surface area contributed by atoms with Crippen LogP contribution in [-0.4, -0.2) is 19.3 Å². The van der Waals surface area contributed by atoms with Crippen molar-refractivity contribution in [2.24, 2.45) is 4.99 Å². The number of benzene rings is 1. The molecule has 0 unspecified atom stereocenters. The Kier molecular flexibility index (Phi) is 2.97. The monoisotopic (exact) mass is 178 g/mol. The van der Waals surface area contributed by atoms with Crippen LogP contribution in [0, 0.1) is 0 Å². The number of isothiocyanates is 1. The Morgan fingerprint density at radius 3 is 2.58 bits per heavy atom. The highest BCUT2D eigenvalue weighted by atomic mass is 32.1. The summed E-state index contributed by atoms with van der Waals surface area (Å²) in [7, 11) is 3.94. The molecule has 0 aromatic heterocycles. The summed E-state index contributed by atoms with van der Waals surface area (Å²) in [6.07, 6.45) is 0. The molecule has 0 aliphatic heterocycles. The number of para-hydroxylation sites is 2. The Bertz CT molecular complexity index is 314. The van der Waals surface area contributed by atoms with Crippen LogP contribution in [0.15, 0.2) is 29.3 Å². The van der Waals surface area contributed by atoms with Gasteiger partial charge in [-0.05, 0) is 24.4 Å². The number of aliphatic imine (C=N–C) groups is 1. The minimum atomic E-state index is 0.859. The first-order valence-corrected chi connectivity index (χ1v) is 4.00. The highest BCUT2D eigenvalue weighted by Crippen LogP contribution is 2.25. The van der Waals surface area contributed by atoms with Crippen LogP contribution >= 0.6 is 12.2 Å². The Hall–Kier alpha value is -1.18. The van der Waals surface area contributed by atoms with Crippen LogP contribution in [0.4, 0.5) is 11.4 Å². The molecular formula is C9H10N2S. The van der Waals surface area contributed by atoms with Gasteiger partial charge in [0.2, 0.25) is 0 Å². The van der Waals surface area contributed by atoms with E-state index >= 15 is 0 Å². The van der Waals surface area contributed by atoms with Crippen LogP contribution in [0.5, 0.6) is 0 Å². The van der Waals surface area contributed by atoms with Gasteiger partial charge in [0, 0.05) is 14.1 Å². The van der Waals surface area contributed by atoms with Crippen LogP contribution in [0.25, 0.3) is 0 Å². The number of rotatable bonds is 2. The zero-order chi connectivity index (χ0) is 8.97. The Balaban J connectivity index is 3.17. The lowest BCUT2D eigenvalue weighted by molar-refractivity contribution is 1.13. The van der Waals surface area contributed by atoms with Crippen molar-refractivity contribution in [2.45, 2.75) is 0 Å². The normalized spacial score (nSPS) is 8.83. The zero-order valence-electron chi connectivity index (χ0n) is 7.11. The quantitative estimate of drug-likeness (QED) is 0.510. The molecule has 0 radical (unpaired) electrons. The largest absolute Gasteiger partial charge is 0.376 e. The van der Waals surface area contributed by atoms with Gasteiger partial charge >= 0.3 is 0 Å². The average molecular weight is 178 g/mol. The molecular weight excluding hydrogens is 168 g/mol. The average Bonchev–Trinajstić information content (AvgIpc) is 2.05. The molecule has 1 aromatic rings. The third kappa shape index (κ3) is 1.91. The Morgan fingerprint density at radius 2 is 2.00 bits per heavy atom. The maximum Gasteiger partial charge on any atom is 0.0972 e. The van der Waals surface area contributed by atoms with Gasteiger partial charge in [-0.1, -0.05) is 12.1 Å². The van der Waals surface area contributed by atoms with E-state index in [1.54, 1.807) is 0 Å². The molecule has 2 nitrogen and oxygen atoms in total. The summed E-state index contributed by atoms with van der Waals surface area (Å²) in [4.78, 5) is 5.94. The summed E-state index contributed by atoms with van der Waals surface area (Å²) < 4.78 is 0. The summed E-state index contributed by atoms with van der Waals surface area (Å²) in [5, 5.41) is 2.36. The van der Waals surface area contributed by atoms with E-state index in [4.69, 9.17) is 0 Å². The molecule has 0 amide bonds. The molecule has 0 saturated heterocycles. The minimum Gasteiger partial charge on any atom is -0.376 e. The first-order valence-electron chi connectivity index (χ1n) is 3.60. The molecule has 0 saturated carbocycles. The van der Waals surface area contributed by atoms with E-state index in [9.17, 15) is 0 Å². The first-order chi connectivity index (χ1) is 5.75. The van der Waals surface area contributed by atoms with Gasteiger partial charge in [-0.3, -0.25) is 0 Å². The van der Waals surface area contributed by atoms with Crippen molar-refractivity contribution >= 4 is 28.8 Å². The molecule has 0 aliphatic rings. The lowest BCUT2D eigenvalue weighted by atomic mass is 10.2. The van der Waals surface area contributed by atoms with E-state index in [0.29, 0.717) is 0 Å². The van der Waals surface area contributed by atoms with Crippen LogP contribution in [0.1, 0.15) is 0 Å². The topological polar surface area (TPSA) is 15.6 Å². The van der Waals surface area contributed by atoms with Gasteiger partial charge < -0.3 is 4.90 Å². The highest BCUT2D eigenvalue weighted by molar-refractivity contribution is 7.78. The molecule has 62 valence electrons. The SMILES string of the molecule is CN(C)c1ccccc1N=C=S. The number of hydrogen-bond acceptors (Lipinski definition) is 3. The van der Waals surface area contributed by atoms with E-state index < -0.39 is 0 Å². The molecule has 0 fully saturated rings. The number of hydrogen-bond donors (Lipinski definition) is 0. The van der Waals surface area contributed by atoms with E-state index in [2.05, 4.69) is 22.4 Å². The molecule has 1 aromatic carbocycles. The van der Waals surface area contributed by atoms with Crippen LogP contribution < -0.4 is 4.90 Å². The van der Waals surface area contributed by atoms with Crippen molar-refractivity contribution in [1.29, 1.82) is 0 Å². The van der Waals surface area contributed by atoms with Crippen molar-refractivity contribution in [2.75, 3.05) is 19.0 Å². The number of nitrogens with zero attached hydrogens (tertiary/aromatic N) is 2. The van der Waals surface area contributed by atoms with Gasteiger partial charge in [-0.25, -0.2) is 0 Å². The van der Waals surface area contributed by atoms with Crippen LogP contribution in [-0.2, 0) is 0 Å². The first kappa shape index (κ1) is 8.91.